The molecule has 12 heavy (non-hydrogen) atoms. The predicted octanol–water partition coefficient (Wildman–Crippen LogP) is 2.71. The quantitative estimate of drug-likeness (QED) is 0.570. The van der Waals surface area contributed by atoms with Crippen LogP contribution in [0.1, 0.15) is 24.5 Å². The van der Waals surface area contributed by atoms with Crippen molar-refractivity contribution >= 4 is 0 Å². The summed E-state index contributed by atoms with van der Waals surface area (Å²) >= 11 is 0. The van der Waals surface area contributed by atoms with E-state index in [0.717, 1.165) is 18.6 Å². The van der Waals surface area contributed by atoms with Crippen molar-refractivity contribution in [2.45, 2.75) is 32.8 Å². The first kappa shape index (κ1) is 7.66. The lowest BCUT2D eigenvalue weighted by atomic mass is 10.0. The average Bonchev–Trinajstić information content (AvgIpc) is 2.03. The van der Waals surface area contributed by atoms with Crippen molar-refractivity contribution in [1.29, 1.82) is 0 Å². The Morgan fingerprint density at radius 2 is 2.25 bits per heavy atom. The third kappa shape index (κ3) is 1.31. The van der Waals surface area contributed by atoms with E-state index in [1.54, 1.807) is 0 Å². The van der Waals surface area contributed by atoms with Crippen LogP contribution in [0.5, 0.6) is 5.75 Å². The van der Waals surface area contributed by atoms with Crippen molar-refractivity contribution in [3.63, 3.8) is 0 Å². The van der Waals surface area contributed by atoms with E-state index in [1.807, 2.05) is 0 Å². The van der Waals surface area contributed by atoms with Gasteiger partial charge in [0.1, 0.15) is 5.75 Å². The lowest BCUT2D eigenvalue weighted by Gasteiger charge is -2.23. The van der Waals surface area contributed by atoms with Crippen LogP contribution in [0, 0.1) is 6.92 Å². The van der Waals surface area contributed by atoms with Gasteiger partial charge in [-0.1, -0.05) is 12.1 Å². The molecule has 1 aliphatic heterocycles. The van der Waals surface area contributed by atoms with E-state index in [0.29, 0.717) is 6.10 Å². The van der Waals surface area contributed by atoms with Gasteiger partial charge >= 0.3 is 0 Å². The van der Waals surface area contributed by atoms with E-state index in [2.05, 4.69) is 32.0 Å². The highest BCUT2D eigenvalue weighted by Crippen LogP contribution is 2.27. The topological polar surface area (TPSA) is 9.23 Å². The van der Waals surface area contributed by atoms with Gasteiger partial charge in [-0.05, 0) is 43.9 Å². The molecule has 0 spiro atoms. The van der Waals surface area contributed by atoms with Crippen LogP contribution in [0.3, 0.4) is 0 Å². The summed E-state index contributed by atoms with van der Waals surface area (Å²) in [5.74, 6) is 1.09. The minimum Gasteiger partial charge on any atom is -0.490 e. The number of rotatable bonds is 0. The highest BCUT2D eigenvalue weighted by atomic mass is 16.5. The van der Waals surface area contributed by atoms with Crippen molar-refractivity contribution in [1.82, 2.24) is 0 Å². The predicted molar refractivity (Wildman–Crippen MR) is 49.6 cm³/mol. The largest absolute Gasteiger partial charge is 0.490 e. The van der Waals surface area contributed by atoms with E-state index in [4.69, 9.17) is 4.74 Å². The van der Waals surface area contributed by atoms with Crippen molar-refractivity contribution in [3.05, 3.63) is 29.3 Å². The molecule has 0 amide bonds. The monoisotopic (exact) mass is 162 g/mol. The highest BCUT2D eigenvalue weighted by molar-refractivity contribution is 5.38. The Hall–Kier alpha value is -0.980. The molecule has 0 aliphatic carbocycles. The number of benzene rings is 1. The number of hydrogen-bond acceptors (Lipinski definition) is 1. The fourth-order valence-corrected chi connectivity index (χ4v) is 1.61. The Labute approximate surface area is 73.4 Å². The summed E-state index contributed by atoms with van der Waals surface area (Å²) in [4.78, 5) is 0. The molecule has 1 nitrogen and oxygen atoms in total. The van der Waals surface area contributed by atoms with Gasteiger partial charge in [0.25, 0.3) is 0 Å². The summed E-state index contributed by atoms with van der Waals surface area (Å²) < 4.78 is 5.71. The zero-order chi connectivity index (χ0) is 8.55. The van der Waals surface area contributed by atoms with Gasteiger partial charge in [0.15, 0.2) is 0 Å². The Morgan fingerprint density at radius 3 is 3.08 bits per heavy atom. The zero-order valence-corrected chi connectivity index (χ0v) is 7.63. The van der Waals surface area contributed by atoms with Crippen molar-refractivity contribution in [2.75, 3.05) is 0 Å². The summed E-state index contributed by atoms with van der Waals surface area (Å²) in [7, 11) is 0. The molecule has 2 rings (SSSR count). The van der Waals surface area contributed by atoms with E-state index in [9.17, 15) is 0 Å². The van der Waals surface area contributed by atoms with Crippen LogP contribution in [0.2, 0.25) is 0 Å². The summed E-state index contributed by atoms with van der Waals surface area (Å²) in [5.41, 5.74) is 2.64. The number of ether oxygens (including phenoxy) is 1. The molecule has 0 saturated carbocycles. The minimum absolute atomic E-state index is 0.388. The lowest BCUT2D eigenvalue weighted by molar-refractivity contribution is 0.192. The molecular formula is C11H14O. The Balaban J connectivity index is 2.37. The molecule has 1 aliphatic rings. The lowest BCUT2D eigenvalue weighted by Crippen LogP contribution is -2.18. The van der Waals surface area contributed by atoms with Crippen LogP contribution >= 0.6 is 0 Å². The van der Waals surface area contributed by atoms with Crippen molar-refractivity contribution in [2.24, 2.45) is 0 Å². The molecule has 0 fully saturated rings. The second kappa shape index (κ2) is 2.81. The van der Waals surface area contributed by atoms with E-state index >= 15 is 0 Å². The van der Waals surface area contributed by atoms with Gasteiger partial charge in [0, 0.05) is 0 Å². The second-order valence-electron chi connectivity index (χ2n) is 3.58. The molecule has 1 aromatic carbocycles. The molecule has 0 aromatic heterocycles. The summed E-state index contributed by atoms with van der Waals surface area (Å²) in [6.07, 6.45) is 2.70. The summed E-state index contributed by atoms with van der Waals surface area (Å²) in [6.45, 7) is 4.23. The maximum Gasteiger partial charge on any atom is 0.123 e. The molecule has 1 atom stereocenters. The Kier molecular flexibility index (Phi) is 1.80. The van der Waals surface area contributed by atoms with Gasteiger partial charge < -0.3 is 4.74 Å². The summed E-state index contributed by atoms with van der Waals surface area (Å²) in [5, 5.41) is 0. The van der Waals surface area contributed by atoms with Crippen LogP contribution in [0.25, 0.3) is 0 Å². The van der Waals surface area contributed by atoms with Gasteiger partial charge in [-0.15, -0.1) is 0 Å². The standard InChI is InChI=1S/C11H14O/c1-8-3-5-10-6-4-9(2)12-11(10)7-8/h3,5,7,9H,4,6H2,1-2H3. The van der Waals surface area contributed by atoms with Crippen LogP contribution in [-0.2, 0) is 6.42 Å². The molecule has 1 heterocycles. The third-order valence-corrected chi connectivity index (χ3v) is 2.37. The van der Waals surface area contributed by atoms with Crippen LogP contribution in [-0.4, -0.2) is 6.10 Å². The first-order valence-electron chi connectivity index (χ1n) is 4.52. The number of fused-ring (bicyclic) bond motifs is 1. The summed E-state index contributed by atoms with van der Waals surface area (Å²) in [6, 6.07) is 6.46. The molecule has 1 unspecified atom stereocenters. The first-order chi connectivity index (χ1) is 5.75. The molecule has 0 N–H and O–H groups in total. The van der Waals surface area contributed by atoms with Gasteiger partial charge in [-0.2, -0.15) is 0 Å². The second-order valence-corrected chi connectivity index (χ2v) is 3.58. The SMILES string of the molecule is Cc1ccc2c(c1)OC(C)CC2. The van der Waals surface area contributed by atoms with Crippen molar-refractivity contribution < 1.29 is 4.74 Å². The van der Waals surface area contributed by atoms with Gasteiger partial charge in [0.05, 0.1) is 6.10 Å². The molecule has 0 saturated heterocycles. The molecule has 0 bridgehead atoms. The average molecular weight is 162 g/mol. The van der Waals surface area contributed by atoms with E-state index < -0.39 is 0 Å². The van der Waals surface area contributed by atoms with Crippen LogP contribution < -0.4 is 4.74 Å². The molecule has 1 heteroatoms. The smallest absolute Gasteiger partial charge is 0.123 e. The van der Waals surface area contributed by atoms with Gasteiger partial charge in [-0.3, -0.25) is 0 Å². The maximum atomic E-state index is 5.71. The zero-order valence-electron chi connectivity index (χ0n) is 7.63. The maximum absolute atomic E-state index is 5.71. The molecule has 1 aromatic rings. The molecule has 0 radical (unpaired) electrons. The van der Waals surface area contributed by atoms with E-state index in [1.165, 1.54) is 11.1 Å². The number of aryl methyl sites for hydroxylation is 2. The number of hydrogen-bond donors (Lipinski definition) is 0. The minimum atomic E-state index is 0.388. The Bertz CT molecular complexity index is 291. The van der Waals surface area contributed by atoms with E-state index in [-0.39, 0.29) is 0 Å². The fraction of sp³-hybridized carbons (Fsp3) is 0.455. The highest BCUT2D eigenvalue weighted by Gasteiger charge is 2.14. The molecule has 64 valence electrons. The molecular weight excluding hydrogens is 148 g/mol. The van der Waals surface area contributed by atoms with Crippen LogP contribution in [0.4, 0.5) is 0 Å². The Morgan fingerprint density at radius 1 is 1.42 bits per heavy atom. The fourth-order valence-electron chi connectivity index (χ4n) is 1.61. The van der Waals surface area contributed by atoms with Gasteiger partial charge in [0.2, 0.25) is 0 Å². The van der Waals surface area contributed by atoms with Crippen LogP contribution in [0.15, 0.2) is 18.2 Å². The van der Waals surface area contributed by atoms with Crippen molar-refractivity contribution in [3.8, 4) is 5.75 Å². The first-order valence-corrected chi connectivity index (χ1v) is 4.52. The van der Waals surface area contributed by atoms with Gasteiger partial charge in [-0.25, -0.2) is 0 Å². The normalized spacial score (nSPS) is 21.3. The third-order valence-electron chi connectivity index (χ3n) is 2.37.